The molecule has 0 spiro atoms. The molecular formula is C14H21N3O2. The second-order valence-corrected chi connectivity index (χ2v) is 5.16. The number of nitro benzene ring substituents is 1. The minimum Gasteiger partial charge on any atom is -0.393 e. The highest BCUT2D eigenvalue weighted by Gasteiger charge is 2.29. The molecule has 0 radical (unpaired) electrons. The summed E-state index contributed by atoms with van der Waals surface area (Å²) in [5, 5.41) is 10.9. The fourth-order valence-corrected chi connectivity index (χ4v) is 2.31. The fourth-order valence-electron chi connectivity index (χ4n) is 2.31. The Hall–Kier alpha value is -1.62. The van der Waals surface area contributed by atoms with Crippen LogP contribution in [0.25, 0.3) is 0 Å². The van der Waals surface area contributed by atoms with Crippen LogP contribution in [0.2, 0.25) is 0 Å². The Kier molecular flexibility index (Phi) is 4.37. The maximum Gasteiger partial charge on any atom is 0.292 e. The second-order valence-electron chi connectivity index (χ2n) is 5.16. The molecule has 2 rings (SSSR count). The minimum atomic E-state index is -0.410. The van der Waals surface area contributed by atoms with Crippen LogP contribution in [-0.2, 0) is 6.54 Å². The van der Waals surface area contributed by atoms with Crippen molar-refractivity contribution in [3.8, 4) is 0 Å². The summed E-state index contributed by atoms with van der Waals surface area (Å²) < 4.78 is 0. The molecule has 0 bridgehead atoms. The Morgan fingerprint density at radius 3 is 2.79 bits per heavy atom. The van der Waals surface area contributed by atoms with Gasteiger partial charge < -0.3 is 5.73 Å². The van der Waals surface area contributed by atoms with Crippen LogP contribution in [0.4, 0.5) is 11.4 Å². The summed E-state index contributed by atoms with van der Waals surface area (Å²) in [5.74, 6) is 0. The molecule has 0 saturated heterocycles. The van der Waals surface area contributed by atoms with Crippen LogP contribution in [0.15, 0.2) is 18.2 Å². The lowest BCUT2D eigenvalue weighted by Gasteiger charge is -2.22. The summed E-state index contributed by atoms with van der Waals surface area (Å²) in [6.07, 6.45) is 4.79. The zero-order chi connectivity index (χ0) is 13.8. The number of rotatable bonds is 7. The molecule has 0 unspecified atom stereocenters. The van der Waals surface area contributed by atoms with Crippen molar-refractivity contribution in [3.05, 3.63) is 33.9 Å². The maximum atomic E-state index is 10.9. The summed E-state index contributed by atoms with van der Waals surface area (Å²) in [4.78, 5) is 12.9. The van der Waals surface area contributed by atoms with E-state index in [9.17, 15) is 10.1 Å². The molecule has 2 N–H and O–H groups in total. The van der Waals surface area contributed by atoms with Crippen LogP contribution >= 0.6 is 0 Å². The van der Waals surface area contributed by atoms with E-state index in [2.05, 4.69) is 11.8 Å². The van der Waals surface area contributed by atoms with E-state index < -0.39 is 4.92 Å². The molecule has 1 aliphatic rings. The molecule has 0 aliphatic heterocycles. The van der Waals surface area contributed by atoms with E-state index in [4.69, 9.17) is 5.73 Å². The maximum absolute atomic E-state index is 10.9. The highest BCUT2D eigenvalue weighted by atomic mass is 16.6. The topological polar surface area (TPSA) is 72.4 Å². The number of anilines is 1. The standard InChI is InChI=1S/C14H21N3O2/c1-2-3-9-16(12-7-8-12)10-11-5-4-6-13(14(11)15)17(18)19/h4-6,12H,2-3,7-10,15H2,1H3. The number of unbranched alkanes of at least 4 members (excludes halogenated alkanes) is 1. The SMILES string of the molecule is CCCCN(Cc1cccc([N+](=O)[O-])c1N)C1CC1. The number of para-hydroxylation sites is 1. The predicted molar refractivity (Wildman–Crippen MR) is 75.8 cm³/mol. The molecule has 1 fully saturated rings. The second kappa shape index (κ2) is 6.02. The smallest absolute Gasteiger partial charge is 0.292 e. The van der Waals surface area contributed by atoms with Crippen LogP contribution < -0.4 is 5.73 Å². The van der Waals surface area contributed by atoms with Crippen LogP contribution in [0.1, 0.15) is 38.2 Å². The van der Waals surface area contributed by atoms with Gasteiger partial charge in [-0.15, -0.1) is 0 Å². The first-order chi connectivity index (χ1) is 9.13. The van der Waals surface area contributed by atoms with Crippen LogP contribution in [0.5, 0.6) is 0 Å². The number of nitro groups is 1. The molecule has 1 saturated carbocycles. The van der Waals surface area contributed by atoms with Crippen LogP contribution in [0, 0.1) is 10.1 Å². The number of benzene rings is 1. The molecular weight excluding hydrogens is 242 g/mol. The molecule has 5 nitrogen and oxygen atoms in total. The lowest BCUT2D eigenvalue weighted by atomic mass is 10.1. The molecule has 19 heavy (non-hydrogen) atoms. The third kappa shape index (κ3) is 3.44. The lowest BCUT2D eigenvalue weighted by Crippen LogP contribution is -2.27. The van der Waals surface area contributed by atoms with Crippen molar-refractivity contribution in [1.82, 2.24) is 4.90 Å². The molecule has 0 heterocycles. The summed E-state index contributed by atoms with van der Waals surface area (Å²) in [6, 6.07) is 5.72. The van der Waals surface area contributed by atoms with Gasteiger partial charge in [-0.05, 0) is 31.4 Å². The Balaban J connectivity index is 2.12. The first-order valence-corrected chi connectivity index (χ1v) is 6.89. The molecule has 1 aliphatic carbocycles. The largest absolute Gasteiger partial charge is 0.393 e. The van der Waals surface area contributed by atoms with Gasteiger partial charge in [-0.25, -0.2) is 0 Å². The van der Waals surface area contributed by atoms with E-state index in [0.717, 1.165) is 31.5 Å². The number of nitrogens with two attached hydrogens (primary N) is 1. The van der Waals surface area contributed by atoms with Gasteiger partial charge in [0.25, 0.3) is 5.69 Å². The Morgan fingerprint density at radius 1 is 1.47 bits per heavy atom. The Bertz CT molecular complexity index is 458. The lowest BCUT2D eigenvalue weighted by molar-refractivity contribution is -0.384. The van der Waals surface area contributed by atoms with Crippen molar-refractivity contribution >= 4 is 11.4 Å². The van der Waals surface area contributed by atoms with Gasteiger partial charge in [0.05, 0.1) is 4.92 Å². The van der Waals surface area contributed by atoms with Gasteiger partial charge in [-0.1, -0.05) is 25.5 Å². The molecule has 0 aromatic heterocycles. The number of hydrogen-bond donors (Lipinski definition) is 1. The third-order valence-corrected chi connectivity index (χ3v) is 3.61. The van der Waals surface area contributed by atoms with Crippen LogP contribution in [-0.4, -0.2) is 22.4 Å². The van der Waals surface area contributed by atoms with Gasteiger partial charge in [-0.3, -0.25) is 15.0 Å². The average molecular weight is 263 g/mol. The Morgan fingerprint density at radius 2 is 2.21 bits per heavy atom. The van der Waals surface area contributed by atoms with E-state index in [0.29, 0.717) is 11.7 Å². The first-order valence-electron chi connectivity index (χ1n) is 6.89. The number of nitrogen functional groups attached to an aromatic ring is 1. The number of nitrogens with zero attached hydrogens (tertiary/aromatic N) is 2. The van der Waals surface area contributed by atoms with E-state index in [1.54, 1.807) is 6.07 Å². The van der Waals surface area contributed by atoms with Crippen molar-refractivity contribution < 1.29 is 4.92 Å². The van der Waals surface area contributed by atoms with Gasteiger partial charge in [0.1, 0.15) is 5.69 Å². The molecule has 5 heteroatoms. The summed E-state index contributed by atoms with van der Waals surface area (Å²) in [6.45, 7) is 3.94. The van der Waals surface area contributed by atoms with E-state index in [-0.39, 0.29) is 5.69 Å². The van der Waals surface area contributed by atoms with Crippen molar-refractivity contribution in [2.24, 2.45) is 0 Å². The zero-order valence-corrected chi connectivity index (χ0v) is 11.3. The van der Waals surface area contributed by atoms with Crippen molar-refractivity contribution in [2.75, 3.05) is 12.3 Å². The third-order valence-electron chi connectivity index (χ3n) is 3.61. The van der Waals surface area contributed by atoms with E-state index >= 15 is 0 Å². The van der Waals surface area contributed by atoms with Gasteiger partial charge in [0.2, 0.25) is 0 Å². The highest BCUT2D eigenvalue weighted by Crippen LogP contribution is 2.31. The molecule has 0 amide bonds. The highest BCUT2D eigenvalue weighted by molar-refractivity contribution is 5.62. The molecule has 1 aromatic rings. The fraction of sp³-hybridized carbons (Fsp3) is 0.571. The normalized spacial score (nSPS) is 14.8. The number of hydrogen-bond acceptors (Lipinski definition) is 4. The monoisotopic (exact) mass is 263 g/mol. The minimum absolute atomic E-state index is 0.0174. The van der Waals surface area contributed by atoms with Crippen molar-refractivity contribution in [2.45, 2.75) is 45.2 Å². The first kappa shape index (κ1) is 13.8. The van der Waals surface area contributed by atoms with Crippen LogP contribution in [0.3, 0.4) is 0 Å². The average Bonchev–Trinajstić information content (AvgIpc) is 3.20. The molecule has 1 aromatic carbocycles. The predicted octanol–water partition coefficient (Wildman–Crippen LogP) is 2.94. The zero-order valence-electron chi connectivity index (χ0n) is 11.3. The van der Waals surface area contributed by atoms with Crippen molar-refractivity contribution in [1.29, 1.82) is 0 Å². The van der Waals surface area contributed by atoms with E-state index in [1.165, 1.54) is 18.9 Å². The van der Waals surface area contributed by atoms with Gasteiger partial charge in [0.15, 0.2) is 0 Å². The Labute approximate surface area is 113 Å². The van der Waals surface area contributed by atoms with E-state index in [1.807, 2.05) is 6.07 Å². The molecule has 0 atom stereocenters. The summed E-state index contributed by atoms with van der Waals surface area (Å²) in [5.41, 5.74) is 7.12. The quantitative estimate of drug-likeness (QED) is 0.466. The van der Waals surface area contributed by atoms with Crippen molar-refractivity contribution in [3.63, 3.8) is 0 Å². The van der Waals surface area contributed by atoms with Gasteiger partial charge in [0, 0.05) is 18.7 Å². The molecule has 104 valence electrons. The summed E-state index contributed by atoms with van der Waals surface area (Å²) in [7, 11) is 0. The van der Waals surface area contributed by atoms with Gasteiger partial charge in [-0.2, -0.15) is 0 Å². The summed E-state index contributed by atoms with van der Waals surface area (Å²) >= 11 is 0. The van der Waals surface area contributed by atoms with Gasteiger partial charge >= 0.3 is 0 Å².